The van der Waals surface area contributed by atoms with E-state index in [1.807, 2.05) is 25.1 Å². The van der Waals surface area contributed by atoms with Crippen molar-refractivity contribution in [3.8, 4) is 5.75 Å². The molecule has 5 aliphatic rings. The van der Waals surface area contributed by atoms with Gasteiger partial charge in [0.05, 0.1) is 17.5 Å². The predicted octanol–water partition coefficient (Wildman–Crippen LogP) is 6.21. The van der Waals surface area contributed by atoms with Gasteiger partial charge in [-0.3, -0.25) is 14.5 Å². The molecule has 6 atom stereocenters. The van der Waals surface area contributed by atoms with Crippen LogP contribution in [0.1, 0.15) is 86.7 Å². The average molecular weight is 767 g/mol. The van der Waals surface area contributed by atoms with Gasteiger partial charge in [-0.2, -0.15) is 0 Å². The van der Waals surface area contributed by atoms with E-state index in [9.17, 15) is 18.0 Å². The number of carbonyl (C=O) groups is 2. The van der Waals surface area contributed by atoms with Crippen LogP contribution in [0.15, 0.2) is 48.6 Å². The Kier molecular flexibility index (Phi) is 11.5. The molecule has 2 bridgehead atoms. The van der Waals surface area contributed by atoms with Gasteiger partial charge in [0.2, 0.25) is 15.9 Å². The molecule has 10 nitrogen and oxygen atoms in total. The van der Waals surface area contributed by atoms with Gasteiger partial charge >= 0.3 is 0 Å². The maximum absolute atomic E-state index is 13.6. The van der Waals surface area contributed by atoms with Gasteiger partial charge < -0.3 is 19.3 Å². The van der Waals surface area contributed by atoms with Crippen molar-refractivity contribution in [1.29, 1.82) is 0 Å². The van der Waals surface area contributed by atoms with Crippen LogP contribution >= 0.6 is 11.6 Å². The number of aryl methyl sites for hydroxylation is 1. The molecule has 2 saturated heterocycles. The lowest BCUT2D eigenvalue weighted by Gasteiger charge is -2.52. The summed E-state index contributed by atoms with van der Waals surface area (Å²) in [6, 6.07) is 11.4. The SMILES string of the molecule is CO[C@]1(CN2CC(=O)N3CCCC[C@@H]3C2)/C=C/C[C@H](C)[C@@H](C)S(=O)(=O)NC(=O)c2ccc3c(c2)N(CCCCc2cc(Cl)ccc2CO3)C[C@@H]2CC[C@H]21. The second-order valence-corrected chi connectivity index (χ2v) is 18.6. The quantitative estimate of drug-likeness (QED) is 0.368. The van der Waals surface area contributed by atoms with Crippen molar-refractivity contribution in [3.63, 3.8) is 0 Å². The molecule has 1 N–H and O–H groups in total. The van der Waals surface area contributed by atoms with E-state index >= 15 is 0 Å². The molecule has 2 aromatic rings. The molecule has 4 heterocycles. The van der Waals surface area contributed by atoms with Crippen LogP contribution in [0.5, 0.6) is 5.75 Å². The Bertz CT molecular complexity index is 1820. The number of rotatable bonds is 3. The van der Waals surface area contributed by atoms with Gasteiger partial charge in [0.15, 0.2) is 0 Å². The minimum absolute atomic E-state index is 0.174. The number of sulfonamides is 1. The minimum atomic E-state index is -3.99. The van der Waals surface area contributed by atoms with Crippen molar-refractivity contribution >= 4 is 39.1 Å². The Morgan fingerprint density at radius 1 is 0.981 bits per heavy atom. The van der Waals surface area contributed by atoms with Gasteiger partial charge in [-0.15, -0.1) is 0 Å². The highest BCUT2D eigenvalue weighted by molar-refractivity contribution is 7.90. The van der Waals surface area contributed by atoms with Gasteiger partial charge in [0.25, 0.3) is 5.91 Å². The largest absolute Gasteiger partial charge is 0.487 e. The van der Waals surface area contributed by atoms with Crippen LogP contribution < -0.4 is 14.4 Å². The van der Waals surface area contributed by atoms with E-state index in [0.717, 1.165) is 88.8 Å². The highest BCUT2D eigenvalue weighted by Gasteiger charge is 2.49. The number of hydrogen-bond donors (Lipinski definition) is 1. The summed E-state index contributed by atoms with van der Waals surface area (Å²) in [6.45, 7) is 8.04. The maximum Gasteiger partial charge on any atom is 0.264 e. The summed E-state index contributed by atoms with van der Waals surface area (Å²) in [6.07, 6.45) is 12.7. The number of benzene rings is 2. The van der Waals surface area contributed by atoms with E-state index in [4.69, 9.17) is 21.1 Å². The van der Waals surface area contributed by atoms with E-state index in [-0.39, 0.29) is 35.3 Å². The van der Waals surface area contributed by atoms with E-state index in [1.54, 1.807) is 32.2 Å². The van der Waals surface area contributed by atoms with Gasteiger partial charge in [-0.1, -0.05) is 36.7 Å². The van der Waals surface area contributed by atoms with Gasteiger partial charge in [0.1, 0.15) is 18.0 Å². The summed E-state index contributed by atoms with van der Waals surface area (Å²) in [7, 11) is -2.20. The molecule has 7 rings (SSSR count). The molecule has 288 valence electrons. The fraction of sp³-hybridized carbons (Fsp3) is 0.610. The van der Waals surface area contributed by atoms with Crippen molar-refractivity contribution in [3.05, 3.63) is 70.3 Å². The summed E-state index contributed by atoms with van der Waals surface area (Å²) >= 11 is 6.40. The molecule has 53 heavy (non-hydrogen) atoms. The first kappa shape index (κ1) is 38.2. The smallest absolute Gasteiger partial charge is 0.264 e. The monoisotopic (exact) mass is 766 g/mol. The van der Waals surface area contributed by atoms with E-state index in [1.165, 1.54) is 5.56 Å². The molecule has 2 amide bonds. The highest BCUT2D eigenvalue weighted by atomic mass is 35.5. The molecule has 0 aromatic heterocycles. The van der Waals surface area contributed by atoms with E-state index in [2.05, 4.69) is 31.6 Å². The zero-order chi connectivity index (χ0) is 37.3. The molecule has 3 fully saturated rings. The van der Waals surface area contributed by atoms with Crippen LogP contribution in [-0.4, -0.2) is 93.3 Å². The third kappa shape index (κ3) is 8.14. The summed E-state index contributed by atoms with van der Waals surface area (Å²) < 4.78 is 42.7. The van der Waals surface area contributed by atoms with Crippen molar-refractivity contribution in [1.82, 2.24) is 14.5 Å². The first-order valence-corrected chi connectivity index (χ1v) is 21.5. The van der Waals surface area contributed by atoms with Crippen molar-refractivity contribution in [2.24, 2.45) is 17.8 Å². The number of piperazine rings is 1. The second-order valence-electron chi connectivity index (χ2n) is 16.1. The van der Waals surface area contributed by atoms with Gasteiger partial charge in [0, 0.05) is 56.5 Å². The molecule has 4 aliphatic heterocycles. The average Bonchev–Trinajstić information content (AvgIpc) is 3.15. The molecular formula is C41H55ClN4O6S. The molecule has 0 spiro atoms. The zero-order valence-electron chi connectivity index (χ0n) is 31.4. The fourth-order valence-corrected chi connectivity index (χ4v) is 10.7. The number of ether oxygens (including phenoxy) is 2. The molecule has 2 aromatic carbocycles. The number of piperidine rings is 1. The Morgan fingerprint density at radius 2 is 1.81 bits per heavy atom. The lowest BCUT2D eigenvalue weighted by atomic mass is 9.63. The summed E-state index contributed by atoms with van der Waals surface area (Å²) in [5.41, 5.74) is 2.64. The molecule has 0 radical (unpaired) electrons. The van der Waals surface area contributed by atoms with Crippen molar-refractivity contribution < 1.29 is 27.5 Å². The first-order valence-electron chi connectivity index (χ1n) is 19.6. The predicted molar refractivity (Wildman–Crippen MR) is 208 cm³/mol. The number of halogens is 1. The standard InChI is InChI=1S/C41H55ClN4O6S/c1-28-9-8-18-41(51-3,27-44-24-35-11-5-7-20-46(35)39(47)25-44)36-16-13-32(36)23-45-19-6-4-10-30-21-34(42)15-12-33(30)26-52-38-17-14-31(22-37(38)45)40(48)43-53(49,50)29(28)2/h8,12,14-15,17-18,21-22,28-29,32,35-36H,4-7,9-11,13,16,19-20,23-27H2,1-3H3,(H,43,48)/b18-8+/t28-,29+,32-,35+,36+,41-/m0/s1. The first-order chi connectivity index (χ1) is 25.5. The number of carbonyl (C=O) groups excluding carboxylic acids is 2. The highest BCUT2D eigenvalue weighted by Crippen LogP contribution is 2.47. The Labute approximate surface area is 320 Å². The van der Waals surface area contributed by atoms with E-state index < -0.39 is 26.8 Å². The van der Waals surface area contributed by atoms with Gasteiger partial charge in [-0.25, -0.2) is 13.1 Å². The molecule has 1 aliphatic carbocycles. The number of methoxy groups -OCH3 is 1. The topological polar surface area (TPSA) is 108 Å². The van der Waals surface area contributed by atoms with Crippen LogP contribution in [0.25, 0.3) is 0 Å². The third-order valence-corrected chi connectivity index (χ3v) is 14.9. The summed E-state index contributed by atoms with van der Waals surface area (Å²) in [5, 5.41) is -0.112. The summed E-state index contributed by atoms with van der Waals surface area (Å²) in [4.78, 5) is 33.7. The van der Waals surface area contributed by atoms with Gasteiger partial charge in [-0.05, 0) is 124 Å². The number of allylic oxidation sites excluding steroid dienone is 1. The number of nitrogens with one attached hydrogen (secondary N) is 1. The van der Waals surface area contributed by atoms with Crippen molar-refractivity contribution in [2.75, 3.05) is 51.3 Å². The maximum atomic E-state index is 13.6. The third-order valence-electron chi connectivity index (χ3n) is 12.8. The normalized spacial score (nSPS) is 31.7. The van der Waals surface area contributed by atoms with Crippen LogP contribution in [0, 0.1) is 17.8 Å². The van der Waals surface area contributed by atoms with Crippen LogP contribution in [0.3, 0.4) is 0 Å². The molecule has 1 saturated carbocycles. The molecule has 12 heteroatoms. The minimum Gasteiger partial charge on any atom is -0.487 e. The second kappa shape index (κ2) is 15.9. The van der Waals surface area contributed by atoms with E-state index in [0.29, 0.717) is 36.9 Å². The van der Waals surface area contributed by atoms with Crippen LogP contribution in [-0.2, 0) is 32.6 Å². The summed E-state index contributed by atoms with van der Waals surface area (Å²) in [5.74, 6) is 0.391. The Morgan fingerprint density at radius 3 is 2.60 bits per heavy atom. The number of fused-ring (bicyclic) bond motifs is 4. The van der Waals surface area contributed by atoms with Crippen molar-refractivity contribution in [2.45, 2.75) is 95.1 Å². The Balaban J connectivity index is 1.26. The fourth-order valence-electron chi connectivity index (χ4n) is 9.27. The molecule has 0 unspecified atom stereocenters. The zero-order valence-corrected chi connectivity index (χ0v) is 33.0. The lowest BCUT2D eigenvalue weighted by Crippen LogP contribution is -2.62. The number of nitrogens with zero attached hydrogens (tertiary/aromatic N) is 3. The molecular weight excluding hydrogens is 712 g/mol. The van der Waals surface area contributed by atoms with Crippen LogP contribution in [0.4, 0.5) is 5.69 Å². The number of anilines is 1. The van der Waals surface area contributed by atoms with Crippen LogP contribution in [0.2, 0.25) is 5.02 Å². The number of hydrogen-bond acceptors (Lipinski definition) is 8. The number of amides is 2. The lowest BCUT2D eigenvalue weighted by molar-refractivity contribution is -0.146. The Hall–Kier alpha value is -3.12.